The lowest BCUT2D eigenvalue weighted by Crippen LogP contribution is -2.40. The second-order valence-electron chi connectivity index (χ2n) is 5.24. The van der Waals surface area contributed by atoms with E-state index in [0.29, 0.717) is 18.9 Å². The molecule has 1 unspecified atom stereocenters. The van der Waals surface area contributed by atoms with Crippen LogP contribution in [0.4, 0.5) is 0 Å². The molecule has 0 fully saturated rings. The number of hydrogen-bond acceptors (Lipinski definition) is 2. The fourth-order valence-electron chi connectivity index (χ4n) is 1.44. The number of guanidine groups is 1. The van der Waals surface area contributed by atoms with Crippen LogP contribution in [0.1, 0.15) is 47.0 Å². The lowest BCUT2D eigenvalue weighted by Gasteiger charge is -2.14. The van der Waals surface area contributed by atoms with Gasteiger partial charge in [-0.15, -0.1) is 0 Å². The van der Waals surface area contributed by atoms with E-state index in [4.69, 9.17) is 0 Å². The van der Waals surface area contributed by atoms with Crippen LogP contribution >= 0.6 is 0 Å². The summed E-state index contributed by atoms with van der Waals surface area (Å²) in [5.41, 5.74) is 0. The number of carbonyl (C=O) groups excluding carboxylic acids is 1. The molecule has 5 heteroatoms. The first-order chi connectivity index (χ1) is 8.99. The largest absolute Gasteiger partial charge is 0.356 e. The number of hydrogen-bond donors (Lipinski definition) is 3. The van der Waals surface area contributed by atoms with Crippen LogP contribution in [-0.4, -0.2) is 38.0 Å². The van der Waals surface area contributed by atoms with Gasteiger partial charge < -0.3 is 16.0 Å². The van der Waals surface area contributed by atoms with Gasteiger partial charge >= 0.3 is 0 Å². The predicted octanol–water partition coefficient (Wildman–Crippen LogP) is 1.50. The van der Waals surface area contributed by atoms with Crippen molar-refractivity contribution in [2.24, 2.45) is 10.9 Å². The molecule has 0 aromatic carbocycles. The Morgan fingerprint density at radius 3 is 2.32 bits per heavy atom. The first-order valence-corrected chi connectivity index (χ1v) is 7.23. The van der Waals surface area contributed by atoms with Crippen LogP contribution in [0, 0.1) is 5.92 Å². The van der Waals surface area contributed by atoms with Gasteiger partial charge in [0.1, 0.15) is 0 Å². The zero-order valence-electron chi connectivity index (χ0n) is 13.0. The van der Waals surface area contributed by atoms with Crippen LogP contribution in [0.2, 0.25) is 0 Å². The summed E-state index contributed by atoms with van der Waals surface area (Å²) in [7, 11) is 1.74. The van der Waals surface area contributed by atoms with Gasteiger partial charge in [-0.25, -0.2) is 0 Å². The molecule has 0 radical (unpaired) electrons. The van der Waals surface area contributed by atoms with E-state index >= 15 is 0 Å². The van der Waals surface area contributed by atoms with Gasteiger partial charge in [0.2, 0.25) is 5.91 Å². The number of aliphatic imine (C=N–C) groups is 1. The summed E-state index contributed by atoms with van der Waals surface area (Å²) in [6.45, 7) is 9.95. The quantitative estimate of drug-likeness (QED) is 0.462. The molecule has 0 spiro atoms. The Balaban J connectivity index is 3.75. The molecule has 112 valence electrons. The zero-order chi connectivity index (χ0) is 14.7. The Morgan fingerprint density at radius 2 is 1.79 bits per heavy atom. The van der Waals surface area contributed by atoms with Crippen molar-refractivity contribution < 1.29 is 4.79 Å². The first-order valence-electron chi connectivity index (χ1n) is 7.23. The zero-order valence-corrected chi connectivity index (χ0v) is 13.0. The maximum absolute atomic E-state index is 11.6. The lowest BCUT2D eigenvalue weighted by molar-refractivity contribution is -0.121. The molecular weight excluding hydrogens is 240 g/mol. The Labute approximate surface area is 117 Å². The Hall–Kier alpha value is -1.26. The molecule has 0 aromatic heterocycles. The molecule has 0 aromatic rings. The van der Waals surface area contributed by atoms with Crippen LogP contribution < -0.4 is 16.0 Å². The normalized spacial score (nSPS) is 13.3. The van der Waals surface area contributed by atoms with Gasteiger partial charge in [0, 0.05) is 32.6 Å². The molecule has 1 atom stereocenters. The topological polar surface area (TPSA) is 65.5 Å². The molecule has 0 saturated heterocycles. The molecule has 0 heterocycles. The number of amides is 1. The third kappa shape index (κ3) is 10.4. The minimum atomic E-state index is 0.0829. The standard InChI is InChI=1S/C14H30N4O/c1-6-12(4)18-13(19)8-10-17-14(15-5)16-9-7-11(2)3/h11-12H,6-10H2,1-5H3,(H,18,19)(H2,15,16,17). The van der Waals surface area contributed by atoms with Crippen LogP contribution in [0.15, 0.2) is 4.99 Å². The summed E-state index contributed by atoms with van der Waals surface area (Å²) in [4.78, 5) is 15.7. The van der Waals surface area contributed by atoms with E-state index in [1.807, 2.05) is 6.92 Å². The molecule has 19 heavy (non-hydrogen) atoms. The van der Waals surface area contributed by atoms with E-state index in [1.165, 1.54) is 0 Å². The van der Waals surface area contributed by atoms with Crippen molar-refractivity contribution in [2.45, 2.75) is 53.0 Å². The van der Waals surface area contributed by atoms with E-state index < -0.39 is 0 Å². The highest BCUT2D eigenvalue weighted by molar-refractivity contribution is 5.81. The van der Waals surface area contributed by atoms with Crippen LogP contribution in [0.5, 0.6) is 0 Å². The molecule has 0 bridgehead atoms. The van der Waals surface area contributed by atoms with Crippen molar-refractivity contribution in [3.63, 3.8) is 0 Å². The highest BCUT2D eigenvalue weighted by Crippen LogP contribution is 1.96. The maximum atomic E-state index is 11.6. The van der Waals surface area contributed by atoms with Gasteiger partial charge in [-0.2, -0.15) is 0 Å². The second-order valence-corrected chi connectivity index (χ2v) is 5.24. The Bertz CT molecular complexity index is 277. The van der Waals surface area contributed by atoms with E-state index in [9.17, 15) is 4.79 Å². The average molecular weight is 270 g/mol. The van der Waals surface area contributed by atoms with E-state index in [0.717, 1.165) is 25.3 Å². The summed E-state index contributed by atoms with van der Waals surface area (Å²) >= 11 is 0. The van der Waals surface area contributed by atoms with Gasteiger partial charge in [-0.1, -0.05) is 20.8 Å². The molecule has 1 amide bonds. The smallest absolute Gasteiger partial charge is 0.221 e. The van der Waals surface area contributed by atoms with Gasteiger partial charge in [0.25, 0.3) is 0 Å². The van der Waals surface area contributed by atoms with E-state index in [2.05, 4.69) is 41.7 Å². The summed E-state index contributed by atoms with van der Waals surface area (Å²) in [6.07, 6.45) is 2.53. The minimum absolute atomic E-state index is 0.0829. The number of nitrogens with zero attached hydrogens (tertiary/aromatic N) is 1. The SMILES string of the molecule is CCC(C)NC(=O)CCNC(=NC)NCCC(C)C. The van der Waals surface area contributed by atoms with Gasteiger partial charge in [0.05, 0.1) is 0 Å². The monoisotopic (exact) mass is 270 g/mol. The number of nitrogens with one attached hydrogen (secondary N) is 3. The highest BCUT2D eigenvalue weighted by atomic mass is 16.1. The minimum Gasteiger partial charge on any atom is -0.356 e. The Morgan fingerprint density at radius 1 is 1.16 bits per heavy atom. The summed E-state index contributed by atoms with van der Waals surface area (Å²) in [6, 6.07) is 0.246. The number of carbonyl (C=O) groups is 1. The van der Waals surface area contributed by atoms with Crippen LogP contribution in [0.3, 0.4) is 0 Å². The van der Waals surface area contributed by atoms with Gasteiger partial charge in [0.15, 0.2) is 5.96 Å². The summed E-state index contributed by atoms with van der Waals surface area (Å²) < 4.78 is 0. The molecule has 3 N–H and O–H groups in total. The third-order valence-electron chi connectivity index (χ3n) is 2.90. The van der Waals surface area contributed by atoms with Crippen molar-refractivity contribution in [3.05, 3.63) is 0 Å². The molecule has 5 nitrogen and oxygen atoms in total. The van der Waals surface area contributed by atoms with E-state index in [1.54, 1.807) is 7.05 Å². The first kappa shape index (κ1) is 17.7. The maximum Gasteiger partial charge on any atom is 0.221 e. The third-order valence-corrected chi connectivity index (χ3v) is 2.90. The molecule has 0 aliphatic heterocycles. The van der Waals surface area contributed by atoms with E-state index in [-0.39, 0.29) is 11.9 Å². The van der Waals surface area contributed by atoms with Crippen LogP contribution in [-0.2, 0) is 4.79 Å². The average Bonchev–Trinajstić information content (AvgIpc) is 2.36. The predicted molar refractivity (Wildman–Crippen MR) is 81.3 cm³/mol. The van der Waals surface area contributed by atoms with Crippen molar-refractivity contribution in [1.82, 2.24) is 16.0 Å². The molecular formula is C14H30N4O. The van der Waals surface area contributed by atoms with Crippen molar-refractivity contribution >= 4 is 11.9 Å². The fraction of sp³-hybridized carbons (Fsp3) is 0.857. The van der Waals surface area contributed by atoms with Crippen LogP contribution in [0.25, 0.3) is 0 Å². The van der Waals surface area contributed by atoms with Crippen molar-refractivity contribution in [2.75, 3.05) is 20.1 Å². The molecule has 0 aliphatic carbocycles. The van der Waals surface area contributed by atoms with Crippen molar-refractivity contribution in [3.8, 4) is 0 Å². The highest BCUT2D eigenvalue weighted by Gasteiger charge is 2.05. The summed E-state index contributed by atoms with van der Waals surface area (Å²) in [5.74, 6) is 1.52. The molecule has 0 aliphatic rings. The number of rotatable bonds is 8. The fourth-order valence-corrected chi connectivity index (χ4v) is 1.44. The molecule has 0 rings (SSSR count). The van der Waals surface area contributed by atoms with Gasteiger partial charge in [-0.3, -0.25) is 9.79 Å². The molecule has 0 saturated carbocycles. The van der Waals surface area contributed by atoms with Crippen molar-refractivity contribution in [1.29, 1.82) is 0 Å². The Kier molecular flexibility index (Phi) is 9.94. The van der Waals surface area contributed by atoms with Gasteiger partial charge in [-0.05, 0) is 25.7 Å². The second kappa shape index (κ2) is 10.6. The lowest BCUT2D eigenvalue weighted by atomic mass is 10.1. The summed E-state index contributed by atoms with van der Waals surface area (Å²) in [5, 5.41) is 9.32.